The maximum absolute atomic E-state index is 13.3. The third-order valence-corrected chi connectivity index (χ3v) is 8.20. The van der Waals surface area contributed by atoms with Crippen molar-refractivity contribution in [2.45, 2.75) is 63.6 Å². The zero-order chi connectivity index (χ0) is 25.8. The van der Waals surface area contributed by atoms with Crippen LogP contribution >= 0.6 is 0 Å². The fraction of sp³-hybridized carbons (Fsp3) is 0.517. The summed E-state index contributed by atoms with van der Waals surface area (Å²) in [6.07, 6.45) is 6.96. The second kappa shape index (κ2) is 11.6. The van der Waals surface area contributed by atoms with E-state index in [1.807, 2.05) is 30.3 Å². The van der Waals surface area contributed by atoms with E-state index in [0.717, 1.165) is 88.1 Å². The molecule has 1 aliphatic heterocycles. The molecule has 0 bridgehead atoms. The molecule has 3 fully saturated rings. The number of anilines is 2. The van der Waals surface area contributed by atoms with Crippen molar-refractivity contribution in [3.05, 3.63) is 59.4 Å². The number of carbonyl (C=O) groups is 2. The fourth-order valence-electron chi connectivity index (χ4n) is 5.52. The molecule has 198 valence electrons. The first-order chi connectivity index (χ1) is 18.0. The molecule has 1 heterocycles. The first-order valence-corrected chi connectivity index (χ1v) is 13.7. The first kappa shape index (κ1) is 25.7. The molecule has 2 unspecified atom stereocenters. The zero-order valence-corrected chi connectivity index (χ0v) is 21.4. The number of halogens is 1. The Hall–Kier alpha value is -2.97. The summed E-state index contributed by atoms with van der Waals surface area (Å²) in [5, 5.41) is 6.25. The van der Waals surface area contributed by atoms with Crippen LogP contribution in [0.3, 0.4) is 0 Å². The number of amides is 2. The van der Waals surface area contributed by atoms with Crippen molar-refractivity contribution in [2.75, 3.05) is 36.4 Å². The summed E-state index contributed by atoms with van der Waals surface area (Å²) < 4.78 is 13.3. The Bertz CT molecular complexity index is 1100. The van der Waals surface area contributed by atoms with Crippen LogP contribution in [0.5, 0.6) is 0 Å². The summed E-state index contributed by atoms with van der Waals surface area (Å²) in [5.41, 5.74) is 9.55. The second-order valence-corrected chi connectivity index (χ2v) is 10.8. The van der Waals surface area contributed by atoms with Crippen LogP contribution in [-0.4, -0.2) is 55.0 Å². The molecule has 2 aliphatic carbocycles. The van der Waals surface area contributed by atoms with E-state index in [9.17, 15) is 14.0 Å². The minimum Gasteiger partial charge on any atom is -0.369 e. The van der Waals surface area contributed by atoms with Gasteiger partial charge in [0, 0.05) is 67.7 Å². The van der Waals surface area contributed by atoms with Crippen LogP contribution in [-0.2, 0) is 11.3 Å². The van der Waals surface area contributed by atoms with Crippen LogP contribution in [0.4, 0.5) is 15.8 Å². The predicted octanol–water partition coefficient (Wildman–Crippen LogP) is 3.89. The van der Waals surface area contributed by atoms with Crippen molar-refractivity contribution in [1.29, 1.82) is 0 Å². The van der Waals surface area contributed by atoms with E-state index in [0.29, 0.717) is 12.1 Å². The van der Waals surface area contributed by atoms with Gasteiger partial charge in [-0.3, -0.25) is 14.5 Å². The molecule has 2 aromatic rings. The molecular weight excluding hydrogens is 469 g/mol. The SMILES string of the molecule is NC1CCCCC1NC(=O)c1ccc(CN2CCN(c3ccc(F)cc3)CC2)c(NC(=O)C2CCC2)c1. The predicted molar refractivity (Wildman–Crippen MR) is 144 cm³/mol. The monoisotopic (exact) mass is 507 g/mol. The molecule has 2 amide bonds. The maximum Gasteiger partial charge on any atom is 0.251 e. The lowest BCUT2D eigenvalue weighted by molar-refractivity contribution is -0.122. The highest BCUT2D eigenvalue weighted by Gasteiger charge is 2.27. The standard InChI is InChI=1S/C29H38FN5O2/c30-23-10-12-24(13-11-23)35-16-14-34(15-17-35)19-22-9-8-21(18-27(22)33-28(36)20-4-3-5-20)29(37)32-26-7-2-1-6-25(26)31/h8-13,18,20,25-26H,1-7,14-17,19,31H2,(H,32,37)(H,33,36). The Kier molecular flexibility index (Phi) is 8.05. The Morgan fingerprint density at radius 1 is 0.919 bits per heavy atom. The Morgan fingerprint density at radius 2 is 1.65 bits per heavy atom. The number of hydrogen-bond acceptors (Lipinski definition) is 5. The summed E-state index contributed by atoms with van der Waals surface area (Å²) in [6.45, 7) is 4.09. The smallest absolute Gasteiger partial charge is 0.251 e. The van der Waals surface area contributed by atoms with Gasteiger partial charge in [-0.2, -0.15) is 0 Å². The minimum atomic E-state index is -0.224. The number of nitrogens with two attached hydrogens (primary N) is 1. The summed E-state index contributed by atoms with van der Waals surface area (Å²) in [5.74, 6) is -0.260. The van der Waals surface area contributed by atoms with Crippen LogP contribution in [0.15, 0.2) is 42.5 Å². The van der Waals surface area contributed by atoms with Gasteiger partial charge in [0.25, 0.3) is 5.91 Å². The van der Waals surface area contributed by atoms with Gasteiger partial charge >= 0.3 is 0 Å². The summed E-state index contributed by atoms with van der Waals surface area (Å²) in [6, 6.07) is 12.3. The van der Waals surface area contributed by atoms with E-state index in [-0.39, 0.29) is 35.6 Å². The van der Waals surface area contributed by atoms with Gasteiger partial charge in [0.1, 0.15) is 5.82 Å². The van der Waals surface area contributed by atoms with E-state index >= 15 is 0 Å². The number of benzene rings is 2. The van der Waals surface area contributed by atoms with Crippen molar-refractivity contribution >= 4 is 23.2 Å². The van der Waals surface area contributed by atoms with Crippen LogP contribution in [0, 0.1) is 11.7 Å². The van der Waals surface area contributed by atoms with Gasteiger partial charge in [-0.15, -0.1) is 0 Å². The Balaban J connectivity index is 1.26. The number of nitrogens with zero attached hydrogens (tertiary/aromatic N) is 2. The zero-order valence-electron chi connectivity index (χ0n) is 21.4. The number of piperazine rings is 1. The molecule has 2 saturated carbocycles. The van der Waals surface area contributed by atoms with Crippen molar-refractivity contribution < 1.29 is 14.0 Å². The lowest BCUT2D eigenvalue weighted by Crippen LogP contribution is -2.49. The molecule has 37 heavy (non-hydrogen) atoms. The normalized spacial score (nSPS) is 22.8. The van der Waals surface area contributed by atoms with Gasteiger partial charge in [0.15, 0.2) is 0 Å². The summed E-state index contributed by atoms with van der Waals surface area (Å²) in [4.78, 5) is 30.5. The molecule has 7 nitrogen and oxygen atoms in total. The average Bonchev–Trinajstić information content (AvgIpc) is 2.86. The molecule has 1 saturated heterocycles. The van der Waals surface area contributed by atoms with E-state index in [1.54, 1.807) is 0 Å². The summed E-state index contributed by atoms with van der Waals surface area (Å²) >= 11 is 0. The third kappa shape index (κ3) is 6.30. The second-order valence-electron chi connectivity index (χ2n) is 10.8. The molecule has 0 spiro atoms. The van der Waals surface area contributed by atoms with E-state index in [1.165, 1.54) is 12.1 Å². The van der Waals surface area contributed by atoms with Gasteiger partial charge in [-0.05, 0) is 67.6 Å². The molecule has 0 aromatic heterocycles. The molecule has 2 atom stereocenters. The highest BCUT2D eigenvalue weighted by atomic mass is 19.1. The van der Waals surface area contributed by atoms with Crippen molar-refractivity contribution in [3.8, 4) is 0 Å². The van der Waals surface area contributed by atoms with E-state index < -0.39 is 0 Å². The molecule has 5 rings (SSSR count). The fourth-order valence-corrected chi connectivity index (χ4v) is 5.52. The molecule has 2 aromatic carbocycles. The quantitative estimate of drug-likeness (QED) is 0.529. The number of rotatable bonds is 7. The molecule has 0 radical (unpaired) electrons. The third-order valence-electron chi connectivity index (χ3n) is 8.20. The average molecular weight is 508 g/mol. The highest BCUT2D eigenvalue weighted by Crippen LogP contribution is 2.29. The molecular formula is C29H38FN5O2. The van der Waals surface area contributed by atoms with Gasteiger partial charge < -0.3 is 21.3 Å². The number of nitrogens with one attached hydrogen (secondary N) is 2. The topological polar surface area (TPSA) is 90.7 Å². The van der Waals surface area contributed by atoms with Crippen LogP contribution < -0.4 is 21.3 Å². The van der Waals surface area contributed by atoms with E-state index in [2.05, 4.69) is 20.4 Å². The number of carbonyl (C=O) groups excluding carboxylic acids is 2. The van der Waals surface area contributed by atoms with Crippen molar-refractivity contribution in [2.24, 2.45) is 11.7 Å². The molecule has 3 aliphatic rings. The largest absolute Gasteiger partial charge is 0.369 e. The van der Waals surface area contributed by atoms with Crippen molar-refractivity contribution in [3.63, 3.8) is 0 Å². The Morgan fingerprint density at radius 3 is 2.32 bits per heavy atom. The van der Waals surface area contributed by atoms with Gasteiger partial charge in [-0.1, -0.05) is 25.3 Å². The lowest BCUT2D eigenvalue weighted by Gasteiger charge is -2.36. The lowest BCUT2D eigenvalue weighted by atomic mass is 9.84. The number of hydrogen-bond donors (Lipinski definition) is 3. The maximum atomic E-state index is 13.3. The van der Waals surface area contributed by atoms with Gasteiger partial charge in [-0.25, -0.2) is 4.39 Å². The minimum absolute atomic E-state index is 0.00801. The Labute approximate surface area is 218 Å². The highest BCUT2D eigenvalue weighted by molar-refractivity contribution is 5.98. The first-order valence-electron chi connectivity index (χ1n) is 13.7. The van der Waals surface area contributed by atoms with E-state index in [4.69, 9.17) is 5.73 Å². The van der Waals surface area contributed by atoms with Crippen LogP contribution in [0.1, 0.15) is 60.9 Å². The van der Waals surface area contributed by atoms with Crippen LogP contribution in [0.25, 0.3) is 0 Å². The summed E-state index contributed by atoms with van der Waals surface area (Å²) in [7, 11) is 0. The van der Waals surface area contributed by atoms with Crippen LogP contribution in [0.2, 0.25) is 0 Å². The van der Waals surface area contributed by atoms with Gasteiger partial charge in [0.2, 0.25) is 5.91 Å². The van der Waals surface area contributed by atoms with Crippen molar-refractivity contribution in [1.82, 2.24) is 10.2 Å². The molecule has 8 heteroatoms. The van der Waals surface area contributed by atoms with Gasteiger partial charge in [0.05, 0.1) is 0 Å². The molecule has 4 N–H and O–H groups in total.